The lowest BCUT2D eigenvalue weighted by Gasteiger charge is -2.28. The van der Waals surface area contributed by atoms with Crippen molar-refractivity contribution >= 4 is 0 Å². The van der Waals surface area contributed by atoms with E-state index >= 15 is 0 Å². The van der Waals surface area contributed by atoms with Crippen LogP contribution in [0.5, 0.6) is 0 Å². The molecule has 1 N–H and O–H groups in total. The minimum Gasteiger partial charge on any atom is -0.314 e. The third kappa shape index (κ3) is 3.76. The van der Waals surface area contributed by atoms with E-state index in [4.69, 9.17) is 0 Å². The fraction of sp³-hybridized carbons (Fsp3) is 1.00. The summed E-state index contributed by atoms with van der Waals surface area (Å²) in [5, 5.41) is 3.58. The zero-order valence-corrected chi connectivity index (χ0v) is 8.11. The van der Waals surface area contributed by atoms with E-state index in [9.17, 15) is 0 Å². The maximum atomic E-state index is 3.58. The van der Waals surface area contributed by atoms with E-state index in [1.54, 1.807) is 0 Å². The molecule has 1 aliphatic rings. The third-order valence-corrected chi connectivity index (χ3v) is 2.41. The molecule has 0 aromatic carbocycles. The van der Waals surface area contributed by atoms with E-state index in [1.165, 1.54) is 32.2 Å². The van der Waals surface area contributed by atoms with Crippen LogP contribution in [0.15, 0.2) is 0 Å². The largest absolute Gasteiger partial charge is 0.314 e. The summed E-state index contributed by atoms with van der Waals surface area (Å²) in [6, 6.07) is 0.859. The number of hydrogen-bond acceptors (Lipinski definition) is 1. The Labute approximate surface area is 70.6 Å². The normalized spacial score (nSPS) is 19.9. The molecular weight excluding hydrogens is 134 g/mol. The van der Waals surface area contributed by atoms with Crippen LogP contribution < -0.4 is 5.32 Å². The Morgan fingerprint density at radius 1 is 1.27 bits per heavy atom. The molecule has 1 fully saturated rings. The first-order chi connectivity index (χ1) is 5.08. The van der Waals surface area contributed by atoms with Gasteiger partial charge >= 0.3 is 0 Å². The second-order valence-electron chi connectivity index (χ2n) is 4.89. The number of nitrogens with one attached hydrogen (secondary N) is 1. The van der Waals surface area contributed by atoms with Gasteiger partial charge in [-0.1, -0.05) is 27.2 Å². The first kappa shape index (κ1) is 9.05. The van der Waals surface area contributed by atoms with Crippen molar-refractivity contribution in [2.45, 2.75) is 52.5 Å². The van der Waals surface area contributed by atoms with E-state index in [2.05, 4.69) is 26.1 Å². The molecule has 0 saturated heterocycles. The molecule has 0 atom stereocenters. The molecule has 1 heteroatoms. The first-order valence-corrected chi connectivity index (χ1v) is 4.81. The molecule has 0 aromatic rings. The summed E-state index contributed by atoms with van der Waals surface area (Å²) in [6.07, 6.45) is 5.55. The number of hydrogen-bond donors (Lipinski definition) is 1. The summed E-state index contributed by atoms with van der Waals surface area (Å²) in [6.45, 7) is 8.11. The van der Waals surface area contributed by atoms with E-state index in [0.717, 1.165) is 6.04 Å². The van der Waals surface area contributed by atoms with E-state index in [1.807, 2.05) is 0 Å². The van der Waals surface area contributed by atoms with Crippen LogP contribution in [0.3, 0.4) is 0 Å². The van der Waals surface area contributed by atoms with Gasteiger partial charge in [-0.25, -0.2) is 0 Å². The van der Waals surface area contributed by atoms with Crippen molar-refractivity contribution in [3.05, 3.63) is 0 Å². The van der Waals surface area contributed by atoms with Crippen molar-refractivity contribution in [3.63, 3.8) is 0 Å². The molecule has 66 valence electrons. The zero-order valence-electron chi connectivity index (χ0n) is 8.11. The van der Waals surface area contributed by atoms with Gasteiger partial charge in [0.25, 0.3) is 0 Å². The van der Waals surface area contributed by atoms with Crippen LogP contribution >= 0.6 is 0 Å². The number of rotatable bonds is 3. The van der Waals surface area contributed by atoms with Crippen molar-refractivity contribution in [3.8, 4) is 0 Å². The Bertz CT molecular complexity index is 109. The van der Waals surface area contributed by atoms with E-state index in [0.29, 0.717) is 5.41 Å². The highest BCUT2D eigenvalue weighted by Crippen LogP contribution is 2.20. The minimum absolute atomic E-state index is 0.497. The molecule has 0 heterocycles. The highest BCUT2D eigenvalue weighted by Gasteiger charge is 2.17. The molecule has 0 amide bonds. The van der Waals surface area contributed by atoms with Crippen molar-refractivity contribution in [2.75, 3.05) is 6.54 Å². The van der Waals surface area contributed by atoms with Gasteiger partial charge in [0.05, 0.1) is 0 Å². The third-order valence-electron chi connectivity index (χ3n) is 2.41. The lowest BCUT2D eigenvalue weighted by molar-refractivity contribution is 0.302. The Morgan fingerprint density at radius 2 is 1.91 bits per heavy atom. The second kappa shape index (κ2) is 3.57. The highest BCUT2D eigenvalue weighted by molar-refractivity contribution is 4.76. The summed E-state index contributed by atoms with van der Waals surface area (Å²) in [5.74, 6) is 0. The van der Waals surface area contributed by atoms with Crippen LogP contribution in [0.4, 0.5) is 0 Å². The van der Waals surface area contributed by atoms with Crippen LogP contribution in [-0.2, 0) is 0 Å². The lowest BCUT2D eigenvalue weighted by Crippen LogP contribution is -2.36. The molecule has 11 heavy (non-hydrogen) atoms. The summed E-state index contributed by atoms with van der Waals surface area (Å²) in [4.78, 5) is 0. The quantitative estimate of drug-likeness (QED) is 0.660. The molecule has 1 rings (SSSR count). The molecule has 0 aliphatic heterocycles. The summed E-state index contributed by atoms with van der Waals surface area (Å²) in [5.41, 5.74) is 0.497. The van der Waals surface area contributed by atoms with Crippen LogP contribution in [-0.4, -0.2) is 12.6 Å². The van der Waals surface area contributed by atoms with Gasteiger partial charge in [-0.15, -0.1) is 0 Å². The monoisotopic (exact) mass is 155 g/mol. The minimum atomic E-state index is 0.497. The van der Waals surface area contributed by atoms with Gasteiger partial charge in [0.2, 0.25) is 0 Å². The lowest BCUT2D eigenvalue weighted by atomic mass is 9.90. The Hall–Kier alpha value is -0.0400. The smallest absolute Gasteiger partial charge is 0.00670 e. The van der Waals surface area contributed by atoms with E-state index < -0.39 is 0 Å². The molecule has 0 spiro atoms. The van der Waals surface area contributed by atoms with Gasteiger partial charge in [-0.05, 0) is 31.2 Å². The predicted molar refractivity (Wildman–Crippen MR) is 49.7 cm³/mol. The van der Waals surface area contributed by atoms with Crippen molar-refractivity contribution in [2.24, 2.45) is 5.41 Å². The van der Waals surface area contributed by atoms with Crippen LogP contribution in [0.1, 0.15) is 46.5 Å². The Balaban J connectivity index is 1.95. The molecule has 0 bridgehead atoms. The maximum Gasteiger partial charge on any atom is 0.00670 e. The van der Waals surface area contributed by atoms with Crippen LogP contribution in [0.25, 0.3) is 0 Å². The molecule has 1 saturated carbocycles. The average molecular weight is 155 g/mol. The van der Waals surface area contributed by atoms with Crippen molar-refractivity contribution < 1.29 is 0 Å². The Kier molecular flexibility index (Phi) is 2.94. The first-order valence-electron chi connectivity index (χ1n) is 4.81. The maximum absolute atomic E-state index is 3.58. The van der Waals surface area contributed by atoms with Gasteiger partial charge in [0.15, 0.2) is 0 Å². The fourth-order valence-electron chi connectivity index (χ4n) is 1.26. The van der Waals surface area contributed by atoms with Crippen molar-refractivity contribution in [1.82, 2.24) is 5.32 Å². The Morgan fingerprint density at radius 3 is 2.27 bits per heavy atom. The van der Waals surface area contributed by atoms with Gasteiger partial charge in [0, 0.05) is 6.04 Å². The highest BCUT2D eigenvalue weighted by atomic mass is 14.9. The van der Waals surface area contributed by atoms with Crippen LogP contribution in [0.2, 0.25) is 0 Å². The standard InChI is InChI=1S/C10H21N/c1-10(2,3)7-8-11-9-5-4-6-9/h9,11H,4-8H2,1-3H3. The summed E-state index contributed by atoms with van der Waals surface area (Å²) < 4.78 is 0. The second-order valence-corrected chi connectivity index (χ2v) is 4.89. The molecule has 0 aromatic heterocycles. The molecular formula is C10H21N. The van der Waals surface area contributed by atoms with E-state index in [-0.39, 0.29) is 0 Å². The van der Waals surface area contributed by atoms with Gasteiger partial charge in [-0.2, -0.15) is 0 Å². The molecule has 1 aliphatic carbocycles. The predicted octanol–water partition coefficient (Wildman–Crippen LogP) is 2.56. The molecule has 1 nitrogen and oxygen atoms in total. The molecule has 0 unspecified atom stereocenters. The van der Waals surface area contributed by atoms with Crippen molar-refractivity contribution in [1.29, 1.82) is 0 Å². The van der Waals surface area contributed by atoms with Gasteiger partial charge in [-0.3, -0.25) is 0 Å². The topological polar surface area (TPSA) is 12.0 Å². The van der Waals surface area contributed by atoms with Crippen LogP contribution in [0, 0.1) is 5.41 Å². The molecule has 0 radical (unpaired) electrons. The van der Waals surface area contributed by atoms with Gasteiger partial charge < -0.3 is 5.32 Å². The van der Waals surface area contributed by atoms with Gasteiger partial charge in [0.1, 0.15) is 0 Å². The summed E-state index contributed by atoms with van der Waals surface area (Å²) >= 11 is 0. The zero-order chi connectivity index (χ0) is 8.32. The summed E-state index contributed by atoms with van der Waals surface area (Å²) in [7, 11) is 0. The average Bonchev–Trinajstić information content (AvgIpc) is 1.73. The fourth-order valence-corrected chi connectivity index (χ4v) is 1.26. The SMILES string of the molecule is CC(C)(C)CCNC1CCC1.